The van der Waals surface area contributed by atoms with Gasteiger partial charge in [-0.05, 0) is 20.8 Å². The second-order valence-electron chi connectivity index (χ2n) is 2.96. The molecule has 0 fully saturated rings. The van der Waals surface area contributed by atoms with Crippen LogP contribution >= 0.6 is 0 Å². The molecule has 0 aliphatic rings. The Bertz CT molecular complexity index is 111. The summed E-state index contributed by atoms with van der Waals surface area (Å²) in [6.07, 6.45) is 0. The fourth-order valence-corrected chi connectivity index (χ4v) is 0.489. The first kappa shape index (κ1) is 8.47. The van der Waals surface area contributed by atoms with Crippen LogP contribution in [0.3, 0.4) is 0 Å². The van der Waals surface area contributed by atoms with Crippen LogP contribution in [0.2, 0.25) is 0 Å². The van der Waals surface area contributed by atoms with Crippen molar-refractivity contribution in [2.45, 2.75) is 33.3 Å². The number of nitrogens with zero attached hydrogens (tertiary/aromatic N) is 1. The van der Waals surface area contributed by atoms with Gasteiger partial charge in [0.25, 0.3) is 0 Å². The molecule has 0 rings (SSSR count). The first-order valence-corrected chi connectivity index (χ1v) is 3.08. The molecule has 0 heterocycles. The molecule has 0 saturated heterocycles. The summed E-state index contributed by atoms with van der Waals surface area (Å²) in [5.74, 6) is 0.738. The Balaban J connectivity index is 3.75. The van der Waals surface area contributed by atoms with E-state index in [9.17, 15) is 0 Å². The molecule has 0 aliphatic carbocycles. The summed E-state index contributed by atoms with van der Waals surface area (Å²) in [6, 6.07) is 0. The normalized spacial score (nSPS) is 13.7. The van der Waals surface area contributed by atoms with E-state index in [1.807, 2.05) is 27.7 Å². The molecule has 0 atom stereocenters. The van der Waals surface area contributed by atoms with Crippen LogP contribution in [0.25, 0.3) is 0 Å². The molecule has 54 valence electrons. The van der Waals surface area contributed by atoms with Gasteiger partial charge in [0.2, 0.25) is 0 Å². The van der Waals surface area contributed by atoms with Crippen LogP contribution in [0.15, 0.2) is 4.99 Å². The lowest BCUT2D eigenvalue weighted by atomic mass is 10.2. The summed E-state index contributed by atoms with van der Waals surface area (Å²) in [4.78, 5) is 3.87. The van der Waals surface area contributed by atoms with Crippen LogP contribution < -0.4 is 0 Å². The number of hydrogen-bond donors (Lipinski definition) is 0. The van der Waals surface area contributed by atoms with Crippen LogP contribution in [0.4, 0.5) is 0 Å². The van der Waals surface area contributed by atoms with Crippen LogP contribution in [-0.2, 0) is 4.74 Å². The van der Waals surface area contributed by atoms with Gasteiger partial charge in [0, 0.05) is 14.0 Å². The monoisotopic (exact) mass is 129 g/mol. The van der Waals surface area contributed by atoms with Crippen LogP contribution in [0.5, 0.6) is 0 Å². The zero-order valence-electron chi connectivity index (χ0n) is 6.86. The predicted octanol–water partition coefficient (Wildman–Crippen LogP) is 1.85. The lowest BCUT2D eigenvalue weighted by molar-refractivity contribution is 0.115. The van der Waals surface area contributed by atoms with Gasteiger partial charge >= 0.3 is 0 Å². The highest BCUT2D eigenvalue weighted by Crippen LogP contribution is 2.06. The van der Waals surface area contributed by atoms with Gasteiger partial charge in [0.05, 0.1) is 0 Å². The van der Waals surface area contributed by atoms with E-state index in [0.29, 0.717) is 0 Å². The topological polar surface area (TPSA) is 21.6 Å². The Hall–Kier alpha value is -0.530. The van der Waals surface area contributed by atoms with Crippen molar-refractivity contribution in [2.24, 2.45) is 4.99 Å². The zero-order valence-corrected chi connectivity index (χ0v) is 6.86. The van der Waals surface area contributed by atoms with Gasteiger partial charge in [-0.2, -0.15) is 0 Å². The Kier molecular flexibility index (Phi) is 2.68. The predicted molar refractivity (Wildman–Crippen MR) is 39.9 cm³/mol. The van der Waals surface area contributed by atoms with E-state index in [2.05, 4.69) is 4.99 Å². The molecular weight excluding hydrogens is 114 g/mol. The first-order valence-electron chi connectivity index (χ1n) is 3.08. The van der Waals surface area contributed by atoms with Crippen LogP contribution in [0.1, 0.15) is 27.7 Å². The summed E-state index contributed by atoms with van der Waals surface area (Å²) in [6.45, 7) is 7.86. The molecule has 0 N–H and O–H groups in total. The molecule has 0 aromatic heterocycles. The average molecular weight is 129 g/mol. The summed E-state index contributed by atoms with van der Waals surface area (Å²) in [5, 5.41) is 0. The molecule has 0 amide bonds. The highest BCUT2D eigenvalue weighted by molar-refractivity contribution is 5.73. The molecule has 2 heteroatoms. The Labute approximate surface area is 56.9 Å². The molecule has 2 nitrogen and oxygen atoms in total. The summed E-state index contributed by atoms with van der Waals surface area (Å²) < 4.78 is 5.34. The quantitative estimate of drug-likeness (QED) is 0.361. The maximum Gasteiger partial charge on any atom is 0.180 e. The van der Waals surface area contributed by atoms with Crippen LogP contribution in [-0.4, -0.2) is 18.5 Å². The molecule has 0 unspecified atom stereocenters. The molecule has 0 radical (unpaired) electrons. The minimum atomic E-state index is -0.108. The van der Waals surface area contributed by atoms with E-state index in [4.69, 9.17) is 4.74 Å². The zero-order chi connectivity index (χ0) is 7.49. The summed E-state index contributed by atoms with van der Waals surface area (Å²) in [5.41, 5.74) is -0.108. The number of ether oxygens (including phenoxy) is 1. The maximum absolute atomic E-state index is 5.34. The van der Waals surface area contributed by atoms with Crippen molar-refractivity contribution in [2.75, 3.05) is 7.05 Å². The van der Waals surface area contributed by atoms with Gasteiger partial charge in [-0.1, -0.05) is 0 Å². The molecule has 0 spiro atoms. The molecule has 0 aromatic carbocycles. The highest BCUT2D eigenvalue weighted by Gasteiger charge is 2.10. The van der Waals surface area contributed by atoms with Crippen molar-refractivity contribution in [1.29, 1.82) is 0 Å². The SMILES string of the molecule is C/N=C(\C)OC(C)(C)C. The third kappa shape index (κ3) is 5.34. The van der Waals surface area contributed by atoms with Crippen molar-refractivity contribution in [3.63, 3.8) is 0 Å². The number of rotatable bonds is 0. The Morgan fingerprint density at radius 1 is 1.33 bits per heavy atom. The van der Waals surface area contributed by atoms with E-state index >= 15 is 0 Å². The van der Waals surface area contributed by atoms with Crippen molar-refractivity contribution in [3.8, 4) is 0 Å². The molecular formula is C7H15NO. The largest absolute Gasteiger partial charge is 0.476 e. The van der Waals surface area contributed by atoms with Gasteiger partial charge in [0.15, 0.2) is 5.90 Å². The molecule has 0 aliphatic heterocycles. The number of hydrogen-bond acceptors (Lipinski definition) is 2. The Morgan fingerprint density at radius 2 is 1.78 bits per heavy atom. The second kappa shape index (κ2) is 2.85. The molecule has 0 bridgehead atoms. The fraction of sp³-hybridized carbons (Fsp3) is 0.857. The summed E-state index contributed by atoms with van der Waals surface area (Å²) in [7, 11) is 1.72. The van der Waals surface area contributed by atoms with Gasteiger partial charge in [-0.3, -0.25) is 4.99 Å². The van der Waals surface area contributed by atoms with Crippen LogP contribution in [0, 0.1) is 0 Å². The molecule has 0 aromatic rings. The minimum absolute atomic E-state index is 0.108. The van der Waals surface area contributed by atoms with Gasteiger partial charge in [0.1, 0.15) is 5.60 Å². The lowest BCUT2D eigenvalue weighted by Crippen LogP contribution is -2.22. The highest BCUT2D eigenvalue weighted by atomic mass is 16.5. The first-order chi connectivity index (χ1) is 3.95. The van der Waals surface area contributed by atoms with E-state index in [0.717, 1.165) is 5.90 Å². The fourth-order valence-electron chi connectivity index (χ4n) is 0.489. The smallest absolute Gasteiger partial charge is 0.180 e. The van der Waals surface area contributed by atoms with Crippen molar-refractivity contribution in [3.05, 3.63) is 0 Å². The molecule has 0 saturated carbocycles. The second-order valence-corrected chi connectivity index (χ2v) is 2.96. The van der Waals surface area contributed by atoms with Gasteiger partial charge in [-0.25, -0.2) is 0 Å². The third-order valence-electron chi connectivity index (χ3n) is 0.769. The van der Waals surface area contributed by atoms with Gasteiger partial charge < -0.3 is 4.74 Å². The van der Waals surface area contributed by atoms with E-state index in [-0.39, 0.29) is 5.60 Å². The maximum atomic E-state index is 5.34. The van der Waals surface area contributed by atoms with Crippen molar-refractivity contribution < 1.29 is 4.74 Å². The van der Waals surface area contributed by atoms with E-state index in [1.165, 1.54) is 0 Å². The van der Waals surface area contributed by atoms with Crippen molar-refractivity contribution >= 4 is 5.90 Å². The van der Waals surface area contributed by atoms with E-state index in [1.54, 1.807) is 7.05 Å². The van der Waals surface area contributed by atoms with Crippen molar-refractivity contribution in [1.82, 2.24) is 0 Å². The van der Waals surface area contributed by atoms with E-state index < -0.39 is 0 Å². The average Bonchev–Trinajstić information content (AvgIpc) is 1.62. The standard InChI is InChI=1S/C7H15NO/c1-6(8-5)9-7(2,3)4/h1-5H3/b8-6+. The molecule has 9 heavy (non-hydrogen) atoms. The Morgan fingerprint density at radius 3 is 1.89 bits per heavy atom. The lowest BCUT2D eigenvalue weighted by Gasteiger charge is -2.19. The third-order valence-corrected chi connectivity index (χ3v) is 0.769. The number of aliphatic imine (C=N–C) groups is 1. The minimum Gasteiger partial charge on any atom is -0.476 e. The van der Waals surface area contributed by atoms with Gasteiger partial charge in [-0.15, -0.1) is 0 Å². The summed E-state index contributed by atoms with van der Waals surface area (Å²) >= 11 is 0.